The van der Waals surface area contributed by atoms with Crippen molar-refractivity contribution >= 4 is 17.5 Å². The lowest BCUT2D eigenvalue weighted by Crippen LogP contribution is -2.36. The van der Waals surface area contributed by atoms with E-state index in [1.807, 2.05) is 25.1 Å². The monoisotopic (exact) mass is 317 g/mol. The molecule has 0 aliphatic rings. The number of halogens is 1. The predicted octanol–water partition coefficient (Wildman–Crippen LogP) is 3.86. The lowest BCUT2D eigenvalue weighted by molar-refractivity contribution is -0.123. The van der Waals surface area contributed by atoms with E-state index >= 15 is 0 Å². The third-order valence-electron chi connectivity index (χ3n) is 3.30. The molecular weight excluding hydrogens is 298 g/mol. The number of ether oxygens (including phenoxy) is 1. The quantitative estimate of drug-likeness (QED) is 0.842. The Balaban J connectivity index is 1.68. The van der Waals surface area contributed by atoms with Gasteiger partial charge in [-0.25, -0.2) is 0 Å². The molecule has 0 aromatic heterocycles. The minimum atomic E-state index is -0.115. The SMILES string of the molecule is CC(CCc1ccccc1)NC(=O)COc1ccc(Cl)cc1. The Morgan fingerprint density at radius 1 is 1.14 bits per heavy atom. The van der Waals surface area contributed by atoms with Crippen LogP contribution in [0.1, 0.15) is 18.9 Å². The summed E-state index contributed by atoms with van der Waals surface area (Å²) >= 11 is 5.79. The van der Waals surface area contributed by atoms with E-state index in [-0.39, 0.29) is 18.6 Å². The second kappa shape index (κ2) is 8.44. The summed E-state index contributed by atoms with van der Waals surface area (Å²) in [5, 5.41) is 3.59. The molecule has 2 rings (SSSR count). The molecule has 1 atom stereocenters. The maximum absolute atomic E-state index is 11.8. The van der Waals surface area contributed by atoms with E-state index in [0.717, 1.165) is 12.8 Å². The van der Waals surface area contributed by atoms with Crippen LogP contribution in [-0.4, -0.2) is 18.6 Å². The number of hydrogen-bond acceptors (Lipinski definition) is 2. The molecule has 116 valence electrons. The molecule has 0 aliphatic heterocycles. The van der Waals surface area contributed by atoms with Gasteiger partial charge in [0.15, 0.2) is 6.61 Å². The Morgan fingerprint density at radius 2 is 1.82 bits per heavy atom. The summed E-state index contributed by atoms with van der Waals surface area (Å²) in [5.41, 5.74) is 1.28. The van der Waals surface area contributed by atoms with Gasteiger partial charge < -0.3 is 10.1 Å². The van der Waals surface area contributed by atoms with E-state index in [2.05, 4.69) is 17.4 Å². The van der Waals surface area contributed by atoms with Gasteiger partial charge in [-0.3, -0.25) is 4.79 Å². The summed E-state index contributed by atoms with van der Waals surface area (Å²) in [4.78, 5) is 11.8. The average Bonchev–Trinajstić information content (AvgIpc) is 2.53. The van der Waals surface area contributed by atoms with Gasteiger partial charge >= 0.3 is 0 Å². The zero-order valence-electron chi connectivity index (χ0n) is 12.6. The maximum Gasteiger partial charge on any atom is 0.258 e. The summed E-state index contributed by atoms with van der Waals surface area (Å²) in [6, 6.07) is 17.3. The Hall–Kier alpha value is -2.00. The molecule has 0 fully saturated rings. The number of rotatable bonds is 7. The first kappa shape index (κ1) is 16.4. The van der Waals surface area contributed by atoms with Crippen molar-refractivity contribution in [2.75, 3.05) is 6.61 Å². The van der Waals surface area contributed by atoms with Crippen molar-refractivity contribution in [3.8, 4) is 5.75 Å². The van der Waals surface area contributed by atoms with Crippen molar-refractivity contribution in [1.82, 2.24) is 5.32 Å². The smallest absolute Gasteiger partial charge is 0.258 e. The first-order valence-electron chi connectivity index (χ1n) is 7.35. The maximum atomic E-state index is 11.8. The molecule has 0 bridgehead atoms. The first-order chi connectivity index (χ1) is 10.6. The molecule has 0 aliphatic carbocycles. The third kappa shape index (κ3) is 5.78. The van der Waals surface area contributed by atoms with Crippen LogP contribution in [0, 0.1) is 0 Å². The number of amides is 1. The predicted molar refractivity (Wildman–Crippen MR) is 89.3 cm³/mol. The normalized spacial score (nSPS) is 11.7. The van der Waals surface area contributed by atoms with E-state index in [9.17, 15) is 4.79 Å². The number of carbonyl (C=O) groups excluding carboxylic acids is 1. The summed E-state index contributed by atoms with van der Waals surface area (Å²) in [7, 11) is 0. The third-order valence-corrected chi connectivity index (χ3v) is 3.55. The van der Waals surface area contributed by atoms with Gasteiger partial charge in [-0.2, -0.15) is 0 Å². The molecule has 2 aromatic rings. The molecule has 2 aromatic carbocycles. The standard InChI is InChI=1S/C18H20ClNO2/c1-14(7-8-15-5-3-2-4-6-15)20-18(21)13-22-17-11-9-16(19)10-12-17/h2-6,9-12,14H,7-8,13H2,1H3,(H,20,21). The lowest BCUT2D eigenvalue weighted by Gasteiger charge is -2.14. The van der Waals surface area contributed by atoms with Crippen LogP contribution in [-0.2, 0) is 11.2 Å². The number of carbonyl (C=O) groups is 1. The van der Waals surface area contributed by atoms with E-state index in [1.165, 1.54) is 5.56 Å². The Kier molecular flexibility index (Phi) is 6.28. The minimum Gasteiger partial charge on any atom is -0.484 e. The van der Waals surface area contributed by atoms with Crippen LogP contribution in [0.15, 0.2) is 54.6 Å². The number of aryl methyl sites for hydroxylation is 1. The summed E-state index contributed by atoms with van der Waals surface area (Å²) in [5.74, 6) is 0.520. The highest BCUT2D eigenvalue weighted by Gasteiger charge is 2.08. The van der Waals surface area contributed by atoms with Crippen molar-refractivity contribution in [3.63, 3.8) is 0 Å². The topological polar surface area (TPSA) is 38.3 Å². The molecular formula is C18H20ClNO2. The van der Waals surface area contributed by atoms with E-state index < -0.39 is 0 Å². The number of hydrogen-bond donors (Lipinski definition) is 1. The van der Waals surface area contributed by atoms with Gasteiger partial charge in [0.2, 0.25) is 0 Å². The molecule has 0 saturated heterocycles. The Morgan fingerprint density at radius 3 is 2.50 bits per heavy atom. The zero-order chi connectivity index (χ0) is 15.8. The van der Waals surface area contributed by atoms with Gasteiger partial charge in [-0.15, -0.1) is 0 Å². The average molecular weight is 318 g/mol. The highest BCUT2D eigenvalue weighted by atomic mass is 35.5. The van der Waals surface area contributed by atoms with Gasteiger partial charge in [0.1, 0.15) is 5.75 Å². The highest BCUT2D eigenvalue weighted by Crippen LogP contribution is 2.15. The molecule has 0 saturated carbocycles. The lowest BCUT2D eigenvalue weighted by atomic mass is 10.1. The van der Waals surface area contributed by atoms with Crippen molar-refractivity contribution in [2.45, 2.75) is 25.8 Å². The fourth-order valence-electron chi connectivity index (χ4n) is 2.10. The van der Waals surface area contributed by atoms with Crippen molar-refractivity contribution in [2.24, 2.45) is 0 Å². The van der Waals surface area contributed by atoms with Gasteiger partial charge in [0, 0.05) is 11.1 Å². The second-order valence-corrected chi connectivity index (χ2v) is 5.67. The number of nitrogens with one attached hydrogen (secondary N) is 1. The first-order valence-corrected chi connectivity index (χ1v) is 7.73. The highest BCUT2D eigenvalue weighted by molar-refractivity contribution is 6.30. The molecule has 3 nitrogen and oxygen atoms in total. The molecule has 1 N–H and O–H groups in total. The van der Waals surface area contributed by atoms with Gasteiger partial charge in [-0.1, -0.05) is 41.9 Å². The van der Waals surface area contributed by atoms with Gasteiger partial charge in [0.25, 0.3) is 5.91 Å². The fourth-order valence-corrected chi connectivity index (χ4v) is 2.22. The van der Waals surface area contributed by atoms with Crippen molar-refractivity contribution in [1.29, 1.82) is 0 Å². The van der Waals surface area contributed by atoms with Crippen molar-refractivity contribution < 1.29 is 9.53 Å². The van der Waals surface area contributed by atoms with Gasteiger partial charge in [-0.05, 0) is 49.6 Å². The van der Waals surface area contributed by atoms with E-state index in [0.29, 0.717) is 10.8 Å². The molecule has 1 unspecified atom stereocenters. The molecule has 22 heavy (non-hydrogen) atoms. The van der Waals surface area contributed by atoms with Crippen LogP contribution >= 0.6 is 11.6 Å². The number of benzene rings is 2. The summed E-state index contributed by atoms with van der Waals surface area (Å²) < 4.78 is 5.42. The van der Waals surface area contributed by atoms with Crippen LogP contribution in [0.3, 0.4) is 0 Å². The van der Waals surface area contributed by atoms with Crippen LogP contribution in [0.25, 0.3) is 0 Å². The summed E-state index contributed by atoms with van der Waals surface area (Å²) in [6.45, 7) is 2.01. The van der Waals surface area contributed by atoms with Crippen LogP contribution < -0.4 is 10.1 Å². The van der Waals surface area contributed by atoms with Crippen LogP contribution in [0.5, 0.6) is 5.75 Å². The molecule has 1 amide bonds. The van der Waals surface area contributed by atoms with E-state index in [4.69, 9.17) is 16.3 Å². The largest absolute Gasteiger partial charge is 0.484 e. The Labute approximate surface area is 136 Å². The summed E-state index contributed by atoms with van der Waals surface area (Å²) in [6.07, 6.45) is 1.84. The second-order valence-electron chi connectivity index (χ2n) is 5.24. The van der Waals surface area contributed by atoms with Crippen LogP contribution in [0.2, 0.25) is 5.02 Å². The molecule has 0 heterocycles. The fraction of sp³-hybridized carbons (Fsp3) is 0.278. The van der Waals surface area contributed by atoms with E-state index in [1.54, 1.807) is 24.3 Å². The Bertz CT molecular complexity index is 584. The molecule has 0 radical (unpaired) electrons. The molecule has 4 heteroatoms. The zero-order valence-corrected chi connectivity index (χ0v) is 13.3. The van der Waals surface area contributed by atoms with Crippen LogP contribution in [0.4, 0.5) is 0 Å². The van der Waals surface area contributed by atoms with Gasteiger partial charge in [0.05, 0.1) is 0 Å². The van der Waals surface area contributed by atoms with Crippen molar-refractivity contribution in [3.05, 3.63) is 65.2 Å². The molecule has 0 spiro atoms. The minimum absolute atomic E-state index is 0.0112.